The third-order valence-electron chi connectivity index (χ3n) is 6.58. The van der Waals surface area contributed by atoms with E-state index in [0.29, 0.717) is 11.1 Å². The third-order valence-corrected chi connectivity index (χ3v) is 6.58. The van der Waals surface area contributed by atoms with Crippen LogP contribution in [-0.2, 0) is 6.42 Å². The van der Waals surface area contributed by atoms with Gasteiger partial charge in [0.2, 0.25) is 0 Å². The van der Waals surface area contributed by atoms with Crippen molar-refractivity contribution in [1.29, 1.82) is 0 Å². The van der Waals surface area contributed by atoms with Crippen LogP contribution in [0.15, 0.2) is 72.3 Å². The first-order chi connectivity index (χ1) is 15.7. The minimum Gasteiger partial charge on any atom is -0.322 e. The zero-order valence-corrected chi connectivity index (χ0v) is 18.4. The lowest BCUT2D eigenvalue weighted by atomic mass is 9.74. The maximum atomic E-state index is 13.3. The van der Waals surface area contributed by atoms with E-state index in [2.05, 4.69) is 24.4 Å². The van der Waals surface area contributed by atoms with Gasteiger partial charge in [0, 0.05) is 22.4 Å². The summed E-state index contributed by atoms with van der Waals surface area (Å²) in [6.45, 7) is 2.18. The van der Waals surface area contributed by atoms with E-state index in [0.717, 1.165) is 48.1 Å². The number of unbranched alkanes of at least 4 members (excludes halogenated alkanes) is 1. The molecule has 1 saturated carbocycles. The van der Waals surface area contributed by atoms with E-state index in [1.165, 1.54) is 29.6 Å². The van der Waals surface area contributed by atoms with Crippen LogP contribution in [0.25, 0.3) is 5.57 Å². The number of rotatable bonds is 5. The Labute approximate surface area is 189 Å². The molecule has 0 radical (unpaired) electrons. The molecule has 0 heterocycles. The molecule has 5 rings (SSSR count). The van der Waals surface area contributed by atoms with E-state index in [1.54, 1.807) is 6.07 Å². The largest absolute Gasteiger partial charge is 0.322 e. The van der Waals surface area contributed by atoms with Gasteiger partial charge in [-0.2, -0.15) is 0 Å². The van der Waals surface area contributed by atoms with Crippen molar-refractivity contribution in [3.63, 3.8) is 0 Å². The van der Waals surface area contributed by atoms with Crippen LogP contribution in [0.3, 0.4) is 0 Å². The van der Waals surface area contributed by atoms with Crippen LogP contribution in [0.5, 0.6) is 0 Å². The van der Waals surface area contributed by atoms with Gasteiger partial charge in [-0.1, -0.05) is 61.4 Å². The number of amides is 1. The van der Waals surface area contributed by atoms with Gasteiger partial charge in [-0.3, -0.25) is 9.59 Å². The fraction of sp³-hybridized carbons (Fsp3) is 0.241. The molecule has 3 nitrogen and oxygen atoms in total. The molecule has 1 amide bonds. The van der Waals surface area contributed by atoms with Crippen molar-refractivity contribution in [2.75, 3.05) is 5.32 Å². The number of ketones is 1. The molecule has 0 saturated heterocycles. The molecule has 0 atom stereocenters. The SMILES string of the molecule is CCCCc1ccc(NC(=O)c2ccc3c(c2)C(=O)c2ccccc2C3=C2CCC2)cc1. The minimum atomic E-state index is -0.196. The molecule has 0 bridgehead atoms. The molecule has 0 spiro atoms. The summed E-state index contributed by atoms with van der Waals surface area (Å²) >= 11 is 0. The number of nitrogens with one attached hydrogen (secondary N) is 1. The molecular formula is C29H27NO2. The van der Waals surface area contributed by atoms with Crippen LogP contribution in [0, 0.1) is 0 Å². The summed E-state index contributed by atoms with van der Waals surface area (Å²) in [5.74, 6) is -0.201. The highest BCUT2D eigenvalue weighted by atomic mass is 16.1. The highest BCUT2D eigenvalue weighted by Gasteiger charge is 2.30. The Balaban J connectivity index is 1.44. The number of benzene rings is 3. The van der Waals surface area contributed by atoms with Gasteiger partial charge >= 0.3 is 0 Å². The molecule has 3 heteroatoms. The molecule has 160 valence electrons. The maximum absolute atomic E-state index is 13.3. The number of carbonyl (C=O) groups is 2. The lowest BCUT2D eigenvalue weighted by Gasteiger charge is -2.28. The van der Waals surface area contributed by atoms with E-state index in [-0.39, 0.29) is 11.7 Å². The first-order valence-corrected chi connectivity index (χ1v) is 11.6. The molecule has 3 aromatic rings. The molecule has 0 aliphatic heterocycles. The highest BCUT2D eigenvalue weighted by molar-refractivity contribution is 6.20. The second kappa shape index (κ2) is 8.58. The van der Waals surface area contributed by atoms with Gasteiger partial charge in [-0.25, -0.2) is 0 Å². The molecule has 1 N–H and O–H groups in total. The number of anilines is 1. The smallest absolute Gasteiger partial charge is 0.255 e. The van der Waals surface area contributed by atoms with Crippen molar-refractivity contribution >= 4 is 23.0 Å². The van der Waals surface area contributed by atoms with Gasteiger partial charge in [-0.15, -0.1) is 0 Å². The second-order valence-electron chi connectivity index (χ2n) is 8.72. The van der Waals surface area contributed by atoms with Crippen LogP contribution >= 0.6 is 0 Å². The Kier molecular flexibility index (Phi) is 5.48. The molecular weight excluding hydrogens is 394 g/mol. The summed E-state index contributed by atoms with van der Waals surface area (Å²) < 4.78 is 0. The van der Waals surface area contributed by atoms with Gasteiger partial charge in [0.1, 0.15) is 0 Å². The average Bonchev–Trinajstić information content (AvgIpc) is 2.79. The van der Waals surface area contributed by atoms with Crippen LogP contribution in [0.2, 0.25) is 0 Å². The third kappa shape index (κ3) is 3.69. The van der Waals surface area contributed by atoms with Gasteiger partial charge < -0.3 is 5.32 Å². The monoisotopic (exact) mass is 421 g/mol. The zero-order chi connectivity index (χ0) is 22.1. The number of aryl methyl sites for hydroxylation is 1. The first-order valence-electron chi connectivity index (χ1n) is 11.6. The summed E-state index contributed by atoms with van der Waals surface area (Å²) in [7, 11) is 0. The summed E-state index contributed by atoms with van der Waals surface area (Å²) in [5, 5.41) is 2.98. The van der Waals surface area contributed by atoms with E-state index >= 15 is 0 Å². The van der Waals surface area contributed by atoms with Crippen LogP contribution in [-0.4, -0.2) is 11.7 Å². The number of allylic oxidation sites excluding steroid dienone is 1. The quantitative estimate of drug-likeness (QED) is 0.385. The number of hydrogen-bond acceptors (Lipinski definition) is 2. The van der Waals surface area contributed by atoms with Gasteiger partial charge in [0.05, 0.1) is 0 Å². The molecule has 0 unspecified atom stereocenters. The lowest BCUT2D eigenvalue weighted by molar-refractivity contribution is 0.102. The first kappa shape index (κ1) is 20.4. The van der Waals surface area contributed by atoms with Crippen molar-refractivity contribution in [3.8, 4) is 0 Å². The fourth-order valence-electron chi connectivity index (χ4n) is 4.60. The van der Waals surface area contributed by atoms with Gasteiger partial charge in [0.25, 0.3) is 5.91 Å². The Morgan fingerprint density at radius 2 is 1.59 bits per heavy atom. The minimum absolute atomic E-state index is 0.00537. The number of fused-ring (bicyclic) bond motifs is 2. The summed E-state index contributed by atoms with van der Waals surface area (Å²) in [6.07, 6.45) is 6.73. The van der Waals surface area contributed by atoms with Crippen molar-refractivity contribution in [2.24, 2.45) is 0 Å². The molecule has 1 fully saturated rings. The molecule has 2 aliphatic rings. The summed E-state index contributed by atoms with van der Waals surface area (Å²) in [4.78, 5) is 26.2. The molecule has 3 aromatic carbocycles. The van der Waals surface area contributed by atoms with Crippen molar-refractivity contribution in [1.82, 2.24) is 0 Å². The summed E-state index contributed by atoms with van der Waals surface area (Å²) in [5.41, 5.74) is 8.49. The lowest BCUT2D eigenvalue weighted by Crippen LogP contribution is -2.19. The van der Waals surface area contributed by atoms with Crippen molar-refractivity contribution < 1.29 is 9.59 Å². The van der Waals surface area contributed by atoms with Crippen LogP contribution in [0.4, 0.5) is 5.69 Å². The van der Waals surface area contributed by atoms with E-state index in [9.17, 15) is 9.59 Å². The Morgan fingerprint density at radius 3 is 2.28 bits per heavy atom. The molecule has 32 heavy (non-hydrogen) atoms. The summed E-state index contributed by atoms with van der Waals surface area (Å²) in [6, 6.07) is 21.4. The number of hydrogen-bond donors (Lipinski definition) is 1. The average molecular weight is 422 g/mol. The Hall–Kier alpha value is -3.46. The van der Waals surface area contributed by atoms with Gasteiger partial charge in [-0.05, 0) is 78.6 Å². The Morgan fingerprint density at radius 1 is 0.875 bits per heavy atom. The second-order valence-corrected chi connectivity index (χ2v) is 8.72. The molecule has 2 aliphatic carbocycles. The van der Waals surface area contributed by atoms with E-state index in [1.807, 2.05) is 48.5 Å². The van der Waals surface area contributed by atoms with Gasteiger partial charge in [0.15, 0.2) is 5.78 Å². The maximum Gasteiger partial charge on any atom is 0.255 e. The fourth-order valence-corrected chi connectivity index (χ4v) is 4.60. The van der Waals surface area contributed by atoms with Crippen LogP contribution in [0.1, 0.15) is 82.0 Å². The molecule has 0 aromatic heterocycles. The number of carbonyl (C=O) groups excluding carboxylic acids is 2. The standard InChI is InChI=1S/C29H27NO2/c1-2-3-7-19-12-15-22(16-13-19)30-29(32)21-14-17-24-26(18-21)28(31)25-11-5-4-10-23(25)27(24)20-8-6-9-20/h4-5,10-18H,2-3,6-9H2,1H3,(H,30,32). The van der Waals surface area contributed by atoms with E-state index < -0.39 is 0 Å². The van der Waals surface area contributed by atoms with E-state index in [4.69, 9.17) is 0 Å². The predicted molar refractivity (Wildman–Crippen MR) is 129 cm³/mol. The van der Waals surface area contributed by atoms with Crippen molar-refractivity contribution in [2.45, 2.75) is 45.4 Å². The zero-order valence-electron chi connectivity index (χ0n) is 18.4. The van der Waals surface area contributed by atoms with Crippen LogP contribution < -0.4 is 5.32 Å². The highest BCUT2D eigenvalue weighted by Crippen LogP contribution is 2.43. The predicted octanol–water partition coefficient (Wildman–Crippen LogP) is 6.81. The Bertz CT molecular complexity index is 1230. The topological polar surface area (TPSA) is 46.2 Å². The van der Waals surface area contributed by atoms with Crippen molar-refractivity contribution in [3.05, 3.63) is 106 Å². The normalized spacial score (nSPS) is 14.5.